The maximum absolute atomic E-state index is 10.6. The number of ether oxygens (including phenoxy) is 1. The van der Waals surface area contributed by atoms with Crippen molar-refractivity contribution in [1.82, 2.24) is 9.55 Å². The van der Waals surface area contributed by atoms with Gasteiger partial charge in [0.05, 0.1) is 18.0 Å². The topological polar surface area (TPSA) is 67.2 Å². The molecule has 4 rings (SSSR count). The van der Waals surface area contributed by atoms with E-state index in [-0.39, 0.29) is 36.0 Å². The van der Waals surface area contributed by atoms with E-state index < -0.39 is 5.97 Å². The Labute approximate surface area is 216 Å². The van der Waals surface area contributed by atoms with Crippen LogP contribution in [0.5, 0.6) is 6.01 Å². The van der Waals surface area contributed by atoms with Crippen LogP contribution < -0.4 is 39.4 Å². The van der Waals surface area contributed by atoms with Crippen molar-refractivity contribution in [3.8, 4) is 34.2 Å². The molecule has 0 aliphatic carbocycles. The quantitative estimate of drug-likeness (QED) is 0.275. The van der Waals surface area contributed by atoms with E-state index in [1.807, 2.05) is 78.9 Å². The normalized spacial score (nSPS) is 10.4. The molecule has 0 saturated carbocycles. The van der Waals surface area contributed by atoms with Crippen molar-refractivity contribution in [3.05, 3.63) is 91.0 Å². The number of carboxylic acids is 1. The Balaban J connectivity index is 0.00000306. The van der Waals surface area contributed by atoms with Crippen LogP contribution in [0.1, 0.15) is 25.7 Å². The fraction of sp³-hybridized carbons (Fsp3) is 0.185. The SMILES string of the molecule is O=C([O-])CCCCCOc1nc(-c2ccccc2)c(-c2ccccc2)n1-c1ccccc1.[Na+]. The Kier molecular flexibility index (Phi) is 9.31. The number of hydrogen-bond acceptors (Lipinski definition) is 4. The number of para-hydroxylation sites is 1. The molecule has 0 spiro atoms. The van der Waals surface area contributed by atoms with Crippen molar-refractivity contribution in [3.63, 3.8) is 0 Å². The molecular formula is C27H25N2NaO3. The summed E-state index contributed by atoms with van der Waals surface area (Å²) in [6.45, 7) is 0.458. The summed E-state index contributed by atoms with van der Waals surface area (Å²) in [5.74, 6) is -1.01. The molecule has 0 radical (unpaired) electrons. The molecule has 0 fully saturated rings. The van der Waals surface area contributed by atoms with Gasteiger partial charge >= 0.3 is 35.6 Å². The van der Waals surface area contributed by atoms with Crippen LogP contribution in [-0.4, -0.2) is 22.1 Å². The molecule has 1 heterocycles. The van der Waals surface area contributed by atoms with Crippen molar-refractivity contribution in [2.75, 3.05) is 6.61 Å². The summed E-state index contributed by atoms with van der Waals surface area (Å²) in [4.78, 5) is 15.5. The molecule has 6 heteroatoms. The Bertz CT molecular complexity index is 1150. The van der Waals surface area contributed by atoms with Gasteiger partial charge in [0.15, 0.2) is 0 Å². The van der Waals surface area contributed by atoms with Gasteiger partial charge in [0.25, 0.3) is 0 Å². The van der Waals surface area contributed by atoms with Gasteiger partial charge in [-0.3, -0.25) is 4.57 Å². The smallest absolute Gasteiger partial charge is 0.550 e. The summed E-state index contributed by atoms with van der Waals surface area (Å²) in [7, 11) is 0. The number of carboxylic acid groups (broad SMARTS) is 1. The zero-order chi connectivity index (χ0) is 22.2. The zero-order valence-corrected chi connectivity index (χ0v) is 20.8. The second-order valence-electron chi connectivity index (χ2n) is 7.53. The van der Waals surface area contributed by atoms with Crippen molar-refractivity contribution >= 4 is 5.97 Å². The Morgan fingerprint density at radius 1 is 0.788 bits per heavy atom. The van der Waals surface area contributed by atoms with Crippen LogP contribution in [0.15, 0.2) is 91.0 Å². The minimum atomic E-state index is -1.01. The maximum Gasteiger partial charge on any atom is 1.00 e. The molecule has 4 aromatic rings. The zero-order valence-electron chi connectivity index (χ0n) is 18.8. The average Bonchev–Trinajstić information content (AvgIpc) is 3.22. The number of nitrogens with zero attached hydrogens (tertiary/aromatic N) is 2. The Hall–Kier alpha value is -2.86. The van der Waals surface area contributed by atoms with E-state index in [4.69, 9.17) is 9.72 Å². The van der Waals surface area contributed by atoms with Gasteiger partial charge in [-0.1, -0.05) is 78.9 Å². The van der Waals surface area contributed by atoms with Gasteiger partial charge in [0.1, 0.15) is 5.69 Å². The maximum atomic E-state index is 10.6. The third kappa shape index (κ3) is 6.35. The largest absolute Gasteiger partial charge is 1.00 e. The molecule has 0 unspecified atom stereocenters. The standard InChI is InChI=1S/C27H26N2O3.Na/c30-24(31)19-11-4-12-20-32-27-28-25(21-13-5-1-6-14-21)26(22-15-7-2-8-16-22)29(27)23-17-9-3-10-18-23;/h1-3,5-10,13-18H,4,11-12,19-20H2,(H,30,31);/q;+1/p-1. The average molecular weight is 448 g/mol. The minimum absolute atomic E-state index is 0. The molecule has 0 N–H and O–H groups in total. The molecule has 3 aromatic carbocycles. The first-order valence-corrected chi connectivity index (χ1v) is 10.9. The number of imidazole rings is 1. The molecule has 0 bridgehead atoms. The van der Waals surface area contributed by atoms with Crippen molar-refractivity contribution in [2.45, 2.75) is 25.7 Å². The second-order valence-corrected chi connectivity index (χ2v) is 7.53. The molecular weight excluding hydrogens is 423 g/mol. The van der Waals surface area contributed by atoms with Crippen LogP contribution >= 0.6 is 0 Å². The summed E-state index contributed by atoms with van der Waals surface area (Å²) in [5, 5.41) is 10.6. The molecule has 1 aromatic heterocycles. The molecule has 0 amide bonds. The van der Waals surface area contributed by atoms with E-state index in [9.17, 15) is 9.90 Å². The molecule has 33 heavy (non-hydrogen) atoms. The first-order valence-electron chi connectivity index (χ1n) is 10.9. The van der Waals surface area contributed by atoms with Crippen LogP contribution in [0, 0.1) is 0 Å². The molecule has 162 valence electrons. The number of benzene rings is 3. The number of unbranched alkanes of at least 4 members (excludes halogenated alkanes) is 2. The predicted octanol–water partition coefficient (Wildman–Crippen LogP) is 1.90. The number of carbonyl (C=O) groups is 1. The minimum Gasteiger partial charge on any atom is -0.550 e. The number of carbonyl (C=O) groups excluding carboxylic acids is 1. The Morgan fingerprint density at radius 3 is 1.97 bits per heavy atom. The summed E-state index contributed by atoms with van der Waals surface area (Å²) < 4.78 is 8.21. The van der Waals surface area contributed by atoms with Crippen LogP contribution in [0.25, 0.3) is 28.2 Å². The van der Waals surface area contributed by atoms with E-state index in [1.165, 1.54) is 0 Å². The van der Waals surface area contributed by atoms with Gasteiger partial charge in [-0.25, -0.2) is 0 Å². The predicted molar refractivity (Wildman–Crippen MR) is 123 cm³/mol. The van der Waals surface area contributed by atoms with E-state index in [1.54, 1.807) is 0 Å². The Morgan fingerprint density at radius 2 is 1.36 bits per heavy atom. The van der Waals surface area contributed by atoms with E-state index in [0.29, 0.717) is 19.0 Å². The summed E-state index contributed by atoms with van der Waals surface area (Å²) in [6.07, 6.45) is 2.17. The van der Waals surface area contributed by atoms with Gasteiger partial charge in [0, 0.05) is 17.1 Å². The molecule has 0 saturated heterocycles. The second kappa shape index (κ2) is 12.4. The number of rotatable bonds is 10. The molecule has 0 aliphatic rings. The summed E-state index contributed by atoms with van der Waals surface area (Å²) in [6, 6.07) is 30.9. The number of hydrogen-bond donors (Lipinski definition) is 0. The van der Waals surface area contributed by atoms with Gasteiger partial charge in [-0.15, -0.1) is 0 Å². The summed E-state index contributed by atoms with van der Waals surface area (Å²) >= 11 is 0. The molecule has 5 nitrogen and oxygen atoms in total. The van der Waals surface area contributed by atoms with E-state index in [0.717, 1.165) is 41.0 Å². The van der Waals surface area contributed by atoms with Gasteiger partial charge in [-0.05, 0) is 37.8 Å². The van der Waals surface area contributed by atoms with Crippen LogP contribution in [-0.2, 0) is 4.79 Å². The van der Waals surface area contributed by atoms with Crippen LogP contribution in [0.4, 0.5) is 0 Å². The van der Waals surface area contributed by atoms with Gasteiger partial charge in [-0.2, -0.15) is 4.98 Å². The van der Waals surface area contributed by atoms with Crippen LogP contribution in [0.3, 0.4) is 0 Å². The number of aliphatic carboxylic acids is 1. The van der Waals surface area contributed by atoms with Crippen LogP contribution in [0.2, 0.25) is 0 Å². The van der Waals surface area contributed by atoms with Crippen molar-refractivity contribution in [2.24, 2.45) is 0 Å². The third-order valence-electron chi connectivity index (χ3n) is 5.21. The summed E-state index contributed by atoms with van der Waals surface area (Å²) in [5.41, 5.74) is 4.85. The monoisotopic (exact) mass is 448 g/mol. The van der Waals surface area contributed by atoms with E-state index in [2.05, 4.69) is 16.7 Å². The first-order chi connectivity index (χ1) is 15.7. The fourth-order valence-electron chi connectivity index (χ4n) is 3.68. The van der Waals surface area contributed by atoms with Crippen molar-refractivity contribution in [1.29, 1.82) is 0 Å². The fourth-order valence-corrected chi connectivity index (χ4v) is 3.68. The van der Waals surface area contributed by atoms with E-state index >= 15 is 0 Å². The molecule has 0 atom stereocenters. The van der Waals surface area contributed by atoms with Crippen molar-refractivity contribution < 1.29 is 44.2 Å². The first kappa shape index (κ1) is 24.8. The number of aromatic nitrogens is 2. The van der Waals surface area contributed by atoms with Gasteiger partial charge < -0.3 is 14.6 Å². The third-order valence-corrected chi connectivity index (χ3v) is 5.21. The van der Waals surface area contributed by atoms with Gasteiger partial charge in [0.2, 0.25) is 0 Å². The molecule has 0 aliphatic heterocycles.